The summed E-state index contributed by atoms with van der Waals surface area (Å²) in [6.07, 6.45) is 0. The predicted octanol–water partition coefficient (Wildman–Crippen LogP) is -4.85. The molecule has 1 aromatic carbocycles. The van der Waals surface area contributed by atoms with Gasteiger partial charge in [-0.1, -0.05) is 0 Å². The third-order valence-electron chi connectivity index (χ3n) is 5.05. The molecule has 12 nitrogen and oxygen atoms in total. The Balaban J connectivity index is 2.06. The van der Waals surface area contributed by atoms with Gasteiger partial charge in [-0.3, -0.25) is 0 Å². The number of hydrogen-bond donors (Lipinski definition) is 10. The molecule has 2 bridgehead atoms. The van der Waals surface area contributed by atoms with Gasteiger partial charge in [-0.2, -0.15) is 0 Å². The standard InChI is InChI=1S/C14H19NO11/c1-6-4-7(2-3-8(6)15)25-5-9-10(16,17)12(20,21)14(24,26-9)13(22,23)11(9,18)19/h2-4,16-24H,5,15H2,1H3. The average molecular weight is 377 g/mol. The van der Waals surface area contributed by atoms with E-state index in [0.717, 1.165) is 0 Å². The number of ether oxygens (including phenoxy) is 2. The first-order valence-corrected chi connectivity index (χ1v) is 7.29. The Morgan fingerprint density at radius 3 is 1.85 bits per heavy atom. The summed E-state index contributed by atoms with van der Waals surface area (Å²) in [5, 5.41) is 89.9. The molecule has 11 N–H and O–H groups in total. The number of benzene rings is 1. The summed E-state index contributed by atoms with van der Waals surface area (Å²) in [5.41, 5.74) is 3.17. The normalized spacial score (nSPS) is 35.5. The van der Waals surface area contributed by atoms with Crippen molar-refractivity contribution in [2.45, 2.75) is 41.5 Å². The van der Waals surface area contributed by atoms with Gasteiger partial charge >= 0.3 is 0 Å². The van der Waals surface area contributed by atoms with Gasteiger partial charge in [-0.05, 0) is 30.7 Å². The first kappa shape index (κ1) is 19.2. The van der Waals surface area contributed by atoms with E-state index in [1.54, 1.807) is 6.92 Å². The molecule has 2 fully saturated rings. The van der Waals surface area contributed by atoms with Crippen LogP contribution in [-0.2, 0) is 4.74 Å². The van der Waals surface area contributed by atoms with E-state index in [4.69, 9.17) is 10.5 Å². The van der Waals surface area contributed by atoms with Gasteiger partial charge in [0.25, 0.3) is 28.9 Å². The zero-order chi connectivity index (χ0) is 20.0. The lowest BCUT2D eigenvalue weighted by Crippen LogP contribution is -2.87. The van der Waals surface area contributed by atoms with Crippen molar-refractivity contribution in [1.29, 1.82) is 0 Å². The van der Waals surface area contributed by atoms with Crippen molar-refractivity contribution in [2.24, 2.45) is 0 Å². The Morgan fingerprint density at radius 2 is 1.38 bits per heavy atom. The van der Waals surface area contributed by atoms with Crippen molar-refractivity contribution >= 4 is 5.69 Å². The van der Waals surface area contributed by atoms with E-state index in [2.05, 4.69) is 4.74 Å². The molecule has 0 unspecified atom stereocenters. The zero-order valence-electron chi connectivity index (χ0n) is 13.4. The van der Waals surface area contributed by atoms with E-state index < -0.39 is 41.1 Å². The van der Waals surface area contributed by atoms with E-state index in [1.165, 1.54) is 18.2 Å². The van der Waals surface area contributed by atoms with Crippen LogP contribution in [-0.4, -0.2) is 87.1 Å². The second-order valence-corrected chi connectivity index (χ2v) is 6.57. The van der Waals surface area contributed by atoms with E-state index >= 15 is 0 Å². The minimum atomic E-state index is -4.14. The molecule has 0 spiro atoms. The topological polar surface area (TPSA) is 227 Å². The van der Waals surface area contributed by atoms with Crippen LogP contribution < -0.4 is 10.5 Å². The summed E-state index contributed by atoms with van der Waals surface area (Å²) in [5.74, 6) is -20.3. The van der Waals surface area contributed by atoms with Crippen molar-refractivity contribution in [3.05, 3.63) is 23.8 Å². The quantitative estimate of drug-likeness (QED) is 0.177. The summed E-state index contributed by atoms with van der Waals surface area (Å²) in [4.78, 5) is 0. The van der Waals surface area contributed by atoms with Crippen LogP contribution in [0.1, 0.15) is 5.56 Å². The highest BCUT2D eigenvalue weighted by Gasteiger charge is 3.00. The highest BCUT2D eigenvalue weighted by Crippen LogP contribution is 2.65. The molecule has 2 aliphatic heterocycles. The number of hydrogen-bond acceptors (Lipinski definition) is 12. The minimum absolute atomic E-state index is 0.00609. The fraction of sp³-hybridized carbons (Fsp3) is 0.571. The number of nitrogen functional groups attached to an aromatic ring is 1. The van der Waals surface area contributed by atoms with Crippen molar-refractivity contribution in [1.82, 2.24) is 0 Å². The lowest BCUT2D eigenvalue weighted by atomic mass is 9.69. The van der Waals surface area contributed by atoms with Gasteiger partial charge in [0.15, 0.2) is 0 Å². The van der Waals surface area contributed by atoms with Crippen molar-refractivity contribution in [3.63, 3.8) is 0 Å². The molecule has 146 valence electrons. The van der Waals surface area contributed by atoms with Gasteiger partial charge in [-0.15, -0.1) is 0 Å². The highest BCUT2D eigenvalue weighted by atomic mass is 16.8. The first-order valence-electron chi connectivity index (χ1n) is 7.29. The Hall–Kier alpha value is -1.58. The molecule has 0 aliphatic carbocycles. The third-order valence-corrected chi connectivity index (χ3v) is 5.05. The van der Waals surface area contributed by atoms with Crippen LogP contribution in [0.2, 0.25) is 0 Å². The molecule has 1 aromatic rings. The first-order chi connectivity index (χ1) is 11.6. The number of aryl methyl sites for hydroxylation is 1. The smallest absolute Gasteiger partial charge is 0.289 e. The van der Waals surface area contributed by atoms with Gasteiger partial charge in [-0.25, -0.2) is 0 Å². The van der Waals surface area contributed by atoms with Crippen LogP contribution in [0.3, 0.4) is 0 Å². The van der Waals surface area contributed by atoms with Gasteiger partial charge in [0.1, 0.15) is 12.4 Å². The van der Waals surface area contributed by atoms with Gasteiger partial charge < -0.3 is 61.2 Å². The molecule has 0 amide bonds. The molecule has 2 saturated heterocycles. The number of aliphatic hydroxyl groups is 9. The van der Waals surface area contributed by atoms with Crippen molar-refractivity contribution in [2.75, 3.05) is 12.3 Å². The Labute approximate surface area is 145 Å². The molecule has 0 saturated carbocycles. The van der Waals surface area contributed by atoms with Crippen molar-refractivity contribution in [3.8, 4) is 5.75 Å². The van der Waals surface area contributed by atoms with Crippen LogP contribution in [0.25, 0.3) is 0 Å². The Morgan fingerprint density at radius 1 is 0.885 bits per heavy atom. The largest absolute Gasteiger partial charge is 0.490 e. The van der Waals surface area contributed by atoms with Gasteiger partial charge in [0.05, 0.1) is 0 Å². The van der Waals surface area contributed by atoms with Gasteiger partial charge in [0.2, 0.25) is 5.60 Å². The van der Waals surface area contributed by atoms with E-state index in [1.807, 2.05) is 0 Å². The number of nitrogens with two attached hydrogens (primary N) is 1. The number of rotatable bonds is 3. The molecule has 12 heteroatoms. The molecular formula is C14H19NO11. The lowest BCUT2D eigenvalue weighted by molar-refractivity contribution is -0.517. The molecule has 2 heterocycles. The fourth-order valence-electron chi connectivity index (χ4n) is 3.21. The van der Waals surface area contributed by atoms with Crippen LogP contribution in [0.5, 0.6) is 5.75 Å². The zero-order valence-corrected chi connectivity index (χ0v) is 13.4. The van der Waals surface area contributed by atoms with Crippen LogP contribution >= 0.6 is 0 Å². The summed E-state index contributed by atoms with van der Waals surface area (Å²) >= 11 is 0. The average Bonchev–Trinajstić information content (AvgIpc) is 2.73. The SMILES string of the molecule is Cc1cc(OCC23OC(O)(C(O)(O)C2(O)O)C(O)(O)C3(O)O)ccc1N. The molecule has 3 rings (SSSR count). The maximum absolute atomic E-state index is 10.1. The molecular weight excluding hydrogens is 358 g/mol. The van der Waals surface area contributed by atoms with E-state index in [-0.39, 0.29) is 5.75 Å². The fourth-order valence-corrected chi connectivity index (χ4v) is 3.21. The molecule has 0 atom stereocenters. The molecule has 2 aliphatic rings. The van der Waals surface area contributed by atoms with E-state index in [9.17, 15) is 46.0 Å². The summed E-state index contributed by atoms with van der Waals surface area (Å²) in [6.45, 7) is 0.356. The summed E-state index contributed by atoms with van der Waals surface area (Å²) in [7, 11) is 0. The Bertz CT molecular complexity index is 729. The van der Waals surface area contributed by atoms with Gasteiger partial charge in [0, 0.05) is 5.69 Å². The van der Waals surface area contributed by atoms with Crippen LogP contribution in [0, 0.1) is 6.92 Å². The maximum Gasteiger partial charge on any atom is 0.289 e. The summed E-state index contributed by atoms with van der Waals surface area (Å²) < 4.78 is 9.76. The second-order valence-electron chi connectivity index (χ2n) is 6.57. The van der Waals surface area contributed by atoms with Crippen molar-refractivity contribution < 1.29 is 55.4 Å². The monoisotopic (exact) mass is 377 g/mol. The number of fused-ring (bicyclic) bond motifs is 2. The van der Waals surface area contributed by atoms with Crippen LogP contribution in [0.15, 0.2) is 18.2 Å². The molecule has 0 radical (unpaired) electrons. The highest BCUT2D eigenvalue weighted by molar-refractivity contribution is 5.49. The maximum atomic E-state index is 10.1. The second kappa shape index (κ2) is 4.82. The third kappa shape index (κ3) is 1.72. The van der Waals surface area contributed by atoms with Crippen LogP contribution in [0.4, 0.5) is 5.69 Å². The van der Waals surface area contributed by atoms with E-state index in [0.29, 0.717) is 11.3 Å². The molecule has 26 heavy (non-hydrogen) atoms. The Kier molecular flexibility index (Phi) is 3.56. The number of anilines is 1. The predicted molar refractivity (Wildman–Crippen MR) is 78.5 cm³/mol. The summed E-state index contributed by atoms with van der Waals surface area (Å²) in [6, 6.07) is 4.12. The minimum Gasteiger partial charge on any atom is -0.490 e. The lowest BCUT2D eigenvalue weighted by Gasteiger charge is -2.52. The molecule has 0 aromatic heterocycles.